The average molecular weight is 352 g/mol. The summed E-state index contributed by atoms with van der Waals surface area (Å²) in [5.41, 5.74) is 2.22. The van der Waals surface area contributed by atoms with Gasteiger partial charge in [0.2, 0.25) is 5.91 Å². The number of carbonyl (C=O) groups is 2. The third kappa shape index (κ3) is 4.42. The second kappa shape index (κ2) is 8.52. The number of amides is 2. The van der Waals surface area contributed by atoms with Crippen molar-refractivity contribution in [3.63, 3.8) is 0 Å². The lowest BCUT2D eigenvalue weighted by Gasteiger charge is -2.25. The van der Waals surface area contributed by atoms with Crippen LogP contribution in [-0.4, -0.2) is 42.5 Å². The highest BCUT2D eigenvalue weighted by molar-refractivity contribution is 5.88. The molecule has 0 saturated carbocycles. The van der Waals surface area contributed by atoms with E-state index in [4.69, 9.17) is 4.74 Å². The fraction of sp³-hybridized carbons (Fsp3) is 0.333. The van der Waals surface area contributed by atoms with E-state index in [0.29, 0.717) is 18.8 Å². The summed E-state index contributed by atoms with van der Waals surface area (Å²) >= 11 is 0. The van der Waals surface area contributed by atoms with E-state index in [1.165, 1.54) is 5.56 Å². The molecule has 5 nitrogen and oxygen atoms in total. The Kier molecular flexibility index (Phi) is 5.89. The molecule has 2 aromatic carbocycles. The zero-order valence-electron chi connectivity index (χ0n) is 15.0. The highest BCUT2D eigenvalue weighted by atomic mass is 16.5. The molecule has 1 N–H and O–H groups in total. The van der Waals surface area contributed by atoms with Crippen LogP contribution in [0.3, 0.4) is 0 Å². The van der Waals surface area contributed by atoms with E-state index >= 15 is 0 Å². The van der Waals surface area contributed by atoms with Gasteiger partial charge in [-0.2, -0.15) is 0 Å². The summed E-state index contributed by atoms with van der Waals surface area (Å²) in [5.74, 6) is 0.432. The number of nitrogens with one attached hydrogen (secondary N) is 1. The van der Waals surface area contributed by atoms with Crippen LogP contribution in [0.25, 0.3) is 0 Å². The van der Waals surface area contributed by atoms with Crippen LogP contribution in [0, 0.1) is 0 Å². The van der Waals surface area contributed by atoms with Gasteiger partial charge >= 0.3 is 0 Å². The van der Waals surface area contributed by atoms with Crippen LogP contribution in [0.4, 0.5) is 0 Å². The van der Waals surface area contributed by atoms with E-state index in [2.05, 4.69) is 17.4 Å². The SMILES string of the molecule is C[C@H]1C(=O)NCCCN1C(=O)COc1ccccc1Cc1ccccc1. The van der Waals surface area contributed by atoms with Gasteiger partial charge in [0.25, 0.3) is 5.91 Å². The number of nitrogens with zero attached hydrogens (tertiary/aromatic N) is 1. The first-order valence-electron chi connectivity index (χ1n) is 8.97. The molecule has 0 spiro atoms. The quantitative estimate of drug-likeness (QED) is 0.899. The highest BCUT2D eigenvalue weighted by Gasteiger charge is 2.27. The number of benzene rings is 2. The lowest BCUT2D eigenvalue weighted by molar-refractivity contribution is -0.140. The molecule has 2 aromatic rings. The Balaban J connectivity index is 1.66. The largest absolute Gasteiger partial charge is 0.483 e. The highest BCUT2D eigenvalue weighted by Crippen LogP contribution is 2.21. The second-order valence-electron chi connectivity index (χ2n) is 6.47. The number of ether oxygens (including phenoxy) is 1. The summed E-state index contributed by atoms with van der Waals surface area (Å²) < 4.78 is 5.83. The number of rotatable bonds is 5. The number of hydrogen-bond acceptors (Lipinski definition) is 3. The monoisotopic (exact) mass is 352 g/mol. The molecular formula is C21H24N2O3. The Morgan fingerprint density at radius 2 is 1.88 bits per heavy atom. The lowest BCUT2D eigenvalue weighted by Crippen LogP contribution is -2.47. The Bertz CT molecular complexity index is 761. The fourth-order valence-corrected chi connectivity index (χ4v) is 3.11. The number of carbonyl (C=O) groups excluding carboxylic acids is 2. The van der Waals surface area contributed by atoms with Crippen molar-refractivity contribution in [2.45, 2.75) is 25.8 Å². The van der Waals surface area contributed by atoms with Crippen molar-refractivity contribution in [3.8, 4) is 5.75 Å². The first-order valence-corrected chi connectivity index (χ1v) is 8.97. The Morgan fingerprint density at radius 3 is 2.69 bits per heavy atom. The van der Waals surface area contributed by atoms with Crippen LogP contribution in [-0.2, 0) is 16.0 Å². The van der Waals surface area contributed by atoms with E-state index in [-0.39, 0.29) is 18.4 Å². The summed E-state index contributed by atoms with van der Waals surface area (Å²) in [6.45, 7) is 2.85. The Morgan fingerprint density at radius 1 is 1.15 bits per heavy atom. The maximum atomic E-state index is 12.6. The van der Waals surface area contributed by atoms with Gasteiger partial charge in [-0.25, -0.2) is 0 Å². The van der Waals surface area contributed by atoms with E-state index in [0.717, 1.165) is 18.4 Å². The van der Waals surface area contributed by atoms with E-state index < -0.39 is 6.04 Å². The maximum Gasteiger partial charge on any atom is 0.261 e. The first kappa shape index (κ1) is 18.0. The van der Waals surface area contributed by atoms with Gasteiger partial charge in [0, 0.05) is 19.5 Å². The molecule has 1 atom stereocenters. The second-order valence-corrected chi connectivity index (χ2v) is 6.47. The maximum absolute atomic E-state index is 12.6. The van der Waals surface area contributed by atoms with E-state index in [1.807, 2.05) is 42.5 Å². The summed E-state index contributed by atoms with van der Waals surface area (Å²) in [4.78, 5) is 26.1. The van der Waals surface area contributed by atoms with Gasteiger partial charge in [0.05, 0.1) is 0 Å². The van der Waals surface area contributed by atoms with Crippen molar-refractivity contribution in [3.05, 3.63) is 65.7 Å². The molecule has 1 aliphatic rings. The number of hydrogen-bond donors (Lipinski definition) is 1. The van der Waals surface area contributed by atoms with Gasteiger partial charge in [0.15, 0.2) is 6.61 Å². The minimum Gasteiger partial charge on any atom is -0.483 e. The third-order valence-corrected chi connectivity index (χ3v) is 4.60. The molecule has 1 aliphatic heterocycles. The van der Waals surface area contributed by atoms with Crippen LogP contribution < -0.4 is 10.1 Å². The standard InChI is InChI=1S/C21H24N2O3/c1-16-21(25)22-12-7-13-23(16)20(24)15-26-19-11-6-5-10-18(19)14-17-8-3-2-4-9-17/h2-6,8-11,16H,7,12-15H2,1H3,(H,22,25)/t16-/m0/s1. The van der Waals surface area contributed by atoms with Crippen molar-refractivity contribution < 1.29 is 14.3 Å². The van der Waals surface area contributed by atoms with Gasteiger partial charge in [-0.05, 0) is 30.5 Å². The summed E-state index contributed by atoms with van der Waals surface area (Å²) in [5, 5.41) is 2.82. The predicted molar refractivity (Wildman–Crippen MR) is 100.0 cm³/mol. The molecule has 3 rings (SSSR count). The molecule has 26 heavy (non-hydrogen) atoms. The predicted octanol–water partition coefficient (Wildman–Crippen LogP) is 2.39. The van der Waals surface area contributed by atoms with Crippen LogP contribution in [0.5, 0.6) is 5.75 Å². The van der Waals surface area contributed by atoms with Crippen molar-refractivity contribution in [1.29, 1.82) is 0 Å². The molecule has 136 valence electrons. The number of para-hydroxylation sites is 1. The summed E-state index contributed by atoms with van der Waals surface area (Å²) in [7, 11) is 0. The fourth-order valence-electron chi connectivity index (χ4n) is 3.11. The van der Waals surface area contributed by atoms with Crippen molar-refractivity contribution in [2.24, 2.45) is 0 Å². The van der Waals surface area contributed by atoms with Crippen molar-refractivity contribution in [2.75, 3.05) is 19.7 Å². The molecule has 0 unspecified atom stereocenters. The minimum absolute atomic E-state index is 0.0660. The molecule has 0 aliphatic carbocycles. The smallest absolute Gasteiger partial charge is 0.261 e. The topological polar surface area (TPSA) is 58.6 Å². The zero-order chi connectivity index (χ0) is 18.4. The van der Waals surface area contributed by atoms with Gasteiger partial charge in [0.1, 0.15) is 11.8 Å². The molecular weight excluding hydrogens is 328 g/mol. The third-order valence-electron chi connectivity index (χ3n) is 4.60. The molecule has 1 saturated heterocycles. The molecule has 1 fully saturated rings. The van der Waals surface area contributed by atoms with Crippen molar-refractivity contribution >= 4 is 11.8 Å². The van der Waals surface area contributed by atoms with E-state index in [9.17, 15) is 9.59 Å². The van der Waals surface area contributed by atoms with Crippen LogP contribution in [0.1, 0.15) is 24.5 Å². The molecule has 1 heterocycles. The van der Waals surface area contributed by atoms with Crippen LogP contribution in [0.15, 0.2) is 54.6 Å². The molecule has 0 radical (unpaired) electrons. The van der Waals surface area contributed by atoms with Crippen LogP contribution in [0.2, 0.25) is 0 Å². The molecule has 2 amide bonds. The van der Waals surface area contributed by atoms with Crippen molar-refractivity contribution in [1.82, 2.24) is 10.2 Å². The summed E-state index contributed by atoms with van der Waals surface area (Å²) in [6, 6.07) is 17.4. The molecule has 5 heteroatoms. The minimum atomic E-state index is -0.465. The normalized spacial score (nSPS) is 17.3. The zero-order valence-corrected chi connectivity index (χ0v) is 15.0. The Hall–Kier alpha value is -2.82. The Labute approximate surface area is 154 Å². The van der Waals surface area contributed by atoms with Crippen LogP contribution >= 0.6 is 0 Å². The van der Waals surface area contributed by atoms with E-state index in [1.54, 1.807) is 11.8 Å². The van der Waals surface area contributed by atoms with Gasteiger partial charge < -0.3 is 15.0 Å². The van der Waals surface area contributed by atoms with Gasteiger partial charge in [-0.3, -0.25) is 9.59 Å². The average Bonchev–Trinajstić information content (AvgIpc) is 2.83. The van der Waals surface area contributed by atoms with Gasteiger partial charge in [-0.15, -0.1) is 0 Å². The lowest BCUT2D eigenvalue weighted by atomic mass is 10.0. The molecule has 0 aromatic heterocycles. The van der Waals surface area contributed by atoms with Gasteiger partial charge in [-0.1, -0.05) is 48.5 Å². The summed E-state index contributed by atoms with van der Waals surface area (Å²) in [6.07, 6.45) is 1.50. The molecule has 0 bridgehead atoms. The first-order chi connectivity index (χ1) is 12.6.